The van der Waals surface area contributed by atoms with Gasteiger partial charge in [-0.15, -0.1) is 12.4 Å². The highest BCUT2D eigenvalue weighted by atomic mass is 35.5. The number of nitrogens with one attached hydrogen (secondary N) is 1. The Bertz CT molecular complexity index is 375. The second-order valence-corrected chi connectivity index (χ2v) is 5.84. The standard InChI is InChI=1S/C16H25FN2.ClH/c1-13(2)19(12-15-7-9-18-10-8-15)11-14-3-5-16(17)6-4-14;/h3-6,13,15,18H,7-12H2,1-2H3;1H. The lowest BCUT2D eigenvalue weighted by atomic mass is 9.97. The average Bonchev–Trinajstić information content (AvgIpc) is 2.41. The van der Waals surface area contributed by atoms with Crippen LogP contribution in [0.15, 0.2) is 24.3 Å². The summed E-state index contributed by atoms with van der Waals surface area (Å²) in [5, 5.41) is 3.41. The first-order valence-corrected chi connectivity index (χ1v) is 7.34. The van der Waals surface area contributed by atoms with E-state index in [1.807, 2.05) is 12.1 Å². The van der Waals surface area contributed by atoms with Crippen molar-refractivity contribution >= 4 is 12.4 Å². The molecule has 0 unspecified atom stereocenters. The molecule has 1 aromatic carbocycles. The van der Waals surface area contributed by atoms with Gasteiger partial charge in [-0.2, -0.15) is 0 Å². The SMILES string of the molecule is CC(C)N(Cc1ccc(F)cc1)CC1CCNCC1.Cl. The van der Waals surface area contributed by atoms with Crippen LogP contribution >= 0.6 is 12.4 Å². The minimum Gasteiger partial charge on any atom is -0.317 e. The Hall–Kier alpha value is -0.640. The summed E-state index contributed by atoms with van der Waals surface area (Å²) in [5.41, 5.74) is 1.20. The summed E-state index contributed by atoms with van der Waals surface area (Å²) in [6.45, 7) is 8.84. The van der Waals surface area contributed by atoms with Gasteiger partial charge in [-0.05, 0) is 63.4 Å². The summed E-state index contributed by atoms with van der Waals surface area (Å²) in [6, 6.07) is 7.43. The Morgan fingerprint density at radius 2 is 1.80 bits per heavy atom. The Morgan fingerprint density at radius 1 is 1.20 bits per heavy atom. The molecule has 114 valence electrons. The second-order valence-electron chi connectivity index (χ2n) is 5.84. The van der Waals surface area contributed by atoms with E-state index in [1.54, 1.807) is 12.1 Å². The zero-order valence-corrected chi connectivity index (χ0v) is 13.3. The van der Waals surface area contributed by atoms with E-state index in [4.69, 9.17) is 0 Å². The van der Waals surface area contributed by atoms with E-state index in [0.717, 1.165) is 32.1 Å². The van der Waals surface area contributed by atoms with Crippen molar-refractivity contribution in [2.75, 3.05) is 19.6 Å². The van der Waals surface area contributed by atoms with Gasteiger partial charge in [0.2, 0.25) is 0 Å². The van der Waals surface area contributed by atoms with Gasteiger partial charge in [0.1, 0.15) is 5.82 Å². The van der Waals surface area contributed by atoms with Crippen molar-refractivity contribution in [3.63, 3.8) is 0 Å². The molecule has 1 N–H and O–H groups in total. The number of hydrogen-bond donors (Lipinski definition) is 1. The van der Waals surface area contributed by atoms with Crippen molar-refractivity contribution < 1.29 is 4.39 Å². The lowest BCUT2D eigenvalue weighted by Crippen LogP contribution is -2.39. The zero-order chi connectivity index (χ0) is 13.7. The van der Waals surface area contributed by atoms with E-state index in [0.29, 0.717) is 6.04 Å². The Morgan fingerprint density at radius 3 is 2.35 bits per heavy atom. The van der Waals surface area contributed by atoms with Crippen molar-refractivity contribution in [3.8, 4) is 0 Å². The van der Waals surface area contributed by atoms with Crippen molar-refractivity contribution in [2.45, 2.75) is 39.3 Å². The first kappa shape index (κ1) is 17.4. The first-order chi connectivity index (χ1) is 9.15. The topological polar surface area (TPSA) is 15.3 Å². The highest BCUT2D eigenvalue weighted by molar-refractivity contribution is 5.85. The first-order valence-electron chi connectivity index (χ1n) is 7.34. The van der Waals surface area contributed by atoms with E-state index in [-0.39, 0.29) is 18.2 Å². The van der Waals surface area contributed by atoms with E-state index < -0.39 is 0 Å². The molecule has 1 aromatic rings. The maximum atomic E-state index is 12.9. The fourth-order valence-corrected chi connectivity index (χ4v) is 2.68. The third-order valence-corrected chi connectivity index (χ3v) is 3.98. The Balaban J connectivity index is 0.00000200. The van der Waals surface area contributed by atoms with Gasteiger partial charge in [0.25, 0.3) is 0 Å². The minimum absolute atomic E-state index is 0. The van der Waals surface area contributed by atoms with Gasteiger partial charge < -0.3 is 5.32 Å². The third-order valence-electron chi connectivity index (χ3n) is 3.98. The molecule has 1 saturated heterocycles. The molecule has 0 bridgehead atoms. The fourth-order valence-electron chi connectivity index (χ4n) is 2.68. The van der Waals surface area contributed by atoms with Crippen LogP contribution in [0.2, 0.25) is 0 Å². The number of benzene rings is 1. The highest BCUT2D eigenvalue weighted by Gasteiger charge is 2.19. The molecule has 0 radical (unpaired) electrons. The molecule has 0 atom stereocenters. The lowest BCUT2D eigenvalue weighted by Gasteiger charge is -2.32. The summed E-state index contributed by atoms with van der Waals surface area (Å²) < 4.78 is 12.9. The van der Waals surface area contributed by atoms with Crippen molar-refractivity contribution in [1.29, 1.82) is 0 Å². The molecule has 4 heteroatoms. The number of nitrogens with zero attached hydrogens (tertiary/aromatic N) is 1. The minimum atomic E-state index is -0.154. The molecule has 20 heavy (non-hydrogen) atoms. The Kier molecular flexibility index (Phi) is 7.49. The number of halogens is 2. The van der Waals surface area contributed by atoms with Crippen LogP contribution in [-0.2, 0) is 6.54 Å². The highest BCUT2D eigenvalue weighted by Crippen LogP contribution is 2.17. The largest absolute Gasteiger partial charge is 0.317 e. The van der Waals surface area contributed by atoms with E-state index in [9.17, 15) is 4.39 Å². The van der Waals surface area contributed by atoms with Gasteiger partial charge in [-0.3, -0.25) is 4.90 Å². The molecule has 2 rings (SSSR count). The predicted octanol–water partition coefficient (Wildman–Crippen LogP) is 3.46. The van der Waals surface area contributed by atoms with Crippen LogP contribution < -0.4 is 5.32 Å². The van der Waals surface area contributed by atoms with Gasteiger partial charge in [0.05, 0.1) is 0 Å². The summed E-state index contributed by atoms with van der Waals surface area (Å²) in [4.78, 5) is 2.50. The molecule has 1 aliphatic heterocycles. The maximum Gasteiger partial charge on any atom is 0.123 e. The normalized spacial score (nSPS) is 16.4. The van der Waals surface area contributed by atoms with Crippen LogP contribution in [0.5, 0.6) is 0 Å². The van der Waals surface area contributed by atoms with Crippen LogP contribution in [0, 0.1) is 11.7 Å². The quantitative estimate of drug-likeness (QED) is 0.896. The monoisotopic (exact) mass is 300 g/mol. The smallest absolute Gasteiger partial charge is 0.123 e. The molecular formula is C16H26ClFN2. The molecule has 1 heterocycles. The molecule has 1 aliphatic rings. The molecule has 2 nitrogen and oxygen atoms in total. The molecule has 1 fully saturated rings. The van der Waals surface area contributed by atoms with Crippen LogP contribution in [0.1, 0.15) is 32.3 Å². The van der Waals surface area contributed by atoms with E-state index in [2.05, 4.69) is 24.1 Å². The van der Waals surface area contributed by atoms with Gasteiger partial charge in [0, 0.05) is 19.1 Å². The van der Waals surface area contributed by atoms with Crippen molar-refractivity contribution in [1.82, 2.24) is 10.2 Å². The predicted molar refractivity (Wildman–Crippen MR) is 84.8 cm³/mol. The zero-order valence-electron chi connectivity index (χ0n) is 12.4. The lowest BCUT2D eigenvalue weighted by molar-refractivity contribution is 0.162. The van der Waals surface area contributed by atoms with Crippen molar-refractivity contribution in [2.24, 2.45) is 5.92 Å². The summed E-state index contributed by atoms with van der Waals surface area (Å²) in [5.74, 6) is 0.641. The summed E-state index contributed by atoms with van der Waals surface area (Å²) in [6.07, 6.45) is 2.54. The van der Waals surface area contributed by atoms with Crippen molar-refractivity contribution in [3.05, 3.63) is 35.6 Å². The third kappa shape index (κ3) is 5.39. The maximum absolute atomic E-state index is 12.9. The number of hydrogen-bond acceptors (Lipinski definition) is 2. The van der Waals surface area contributed by atoms with Gasteiger partial charge in [0.15, 0.2) is 0 Å². The summed E-state index contributed by atoms with van der Waals surface area (Å²) in [7, 11) is 0. The van der Waals surface area contributed by atoms with Crippen LogP contribution in [0.3, 0.4) is 0 Å². The number of rotatable bonds is 5. The van der Waals surface area contributed by atoms with Gasteiger partial charge in [-0.1, -0.05) is 12.1 Å². The molecule has 0 spiro atoms. The van der Waals surface area contributed by atoms with E-state index in [1.165, 1.54) is 18.4 Å². The molecular weight excluding hydrogens is 275 g/mol. The summed E-state index contributed by atoms with van der Waals surface area (Å²) >= 11 is 0. The molecule has 0 aromatic heterocycles. The van der Waals surface area contributed by atoms with E-state index >= 15 is 0 Å². The van der Waals surface area contributed by atoms with Crippen LogP contribution in [-0.4, -0.2) is 30.6 Å². The molecule has 0 aliphatic carbocycles. The van der Waals surface area contributed by atoms with Gasteiger partial charge >= 0.3 is 0 Å². The Labute approximate surface area is 128 Å². The van der Waals surface area contributed by atoms with Crippen LogP contribution in [0.25, 0.3) is 0 Å². The molecule has 0 saturated carbocycles. The number of piperidine rings is 1. The van der Waals surface area contributed by atoms with Gasteiger partial charge in [-0.25, -0.2) is 4.39 Å². The second kappa shape index (κ2) is 8.60. The molecule has 0 amide bonds. The fraction of sp³-hybridized carbons (Fsp3) is 0.625. The average molecular weight is 301 g/mol. The van der Waals surface area contributed by atoms with Crippen LogP contribution in [0.4, 0.5) is 4.39 Å².